The monoisotopic (exact) mass is 244 g/mol. The van der Waals surface area contributed by atoms with Crippen molar-refractivity contribution < 1.29 is 4.79 Å². The quantitative estimate of drug-likeness (QED) is 0.748. The predicted octanol–water partition coefficient (Wildman–Crippen LogP) is 2.72. The van der Waals surface area contributed by atoms with Crippen LogP contribution in [-0.2, 0) is 0 Å². The van der Waals surface area contributed by atoms with E-state index in [1.165, 1.54) is 0 Å². The summed E-state index contributed by atoms with van der Waals surface area (Å²) >= 11 is 0. The average Bonchev–Trinajstić information content (AvgIpc) is 2.37. The average molecular weight is 244 g/mol. The summed E-state index contributed by atoms with van der Waals surface area (Å²) in [5.41, 5.74) is 1.24. The number of nitrogens with zero attached hydrogens (tertiary/aromatic N) is 2. The van der Waals surface area contributed by atoms with Gasteiger partial charge < -0.3 is 0 Å². The first-order chi connectivity index (χ1) is 8.45. The molecule has 0 fully saturated rings. The Hall–Kier alpha value is -1.66. The van der Waals surface area contributed by atoms with Gasteiger partial charge >= 0.3 is 0 Å². The predicted molar refractivity (Wildman–Crippen MR) is 72.4 cm³/mol. The van der Waals surface area contributed by atoms with Crippen molar-refractivity contribution in [3.8, 4) is 6.07 Å². The van der Waals surface area contributed by atoms with E-state index in [0.29, 0.717) is 29.6 Å². The van der Waals surface area contributed by atoms with Gasteiger partial charge in [0.15, 0.2) is 5.78 Å². The highest BCUT2D eigenvalue weighted by Crippen LogP contribution is 2.10. The molecule has 18 heavy (non-hydrogen) atoms. The number of nitriles is 1. The van der Waals surface area contributed by atoms with Crippen LogP contribution in [0.2, 0.25) is 0 Å². The van der Waals surface area contributed by atoms with Crippen LogP contribution in [0.4, 0.5) is 0 Å². The molecule has 0 spiro atoms. The van der Waals surface area contributed by atoms with E-state index in [9.17, 15) is 4.79 Å². The van der Waals surface area contributed by atoms with E-state index in [4.69, 9.17) is 5.26 Å². The van der Waals surface area contributed by atoms with Crippen molar-refractivity contribution in [3.05, 3.63) is 35.4 Å². The summed E-state index contributed by atoms with van der Waals surface area (Å²) in [6, 6.07) is 9.21. The van der Waals surface area contributed by atoms with Crippen molar-refractivity contribution in [2.75, 3.05) is 13.6 Å². The standard InChI is InChI=1S/C15H20N2O/c1-11(2)12(3)17(4)10-15(18)14-7-5-13(9-16)6-8-14/h5-8,11-12H,10H2,1-4H3. The Labute approximate surface area is 109 Å². The highest BCUT2D eigenvalue weighted by Gasteiger charge is 2.16. The number of carbonyl (C=O) groups is 1. The molecule has 3 heteroatoms. The maximum absolute atomic E-state index is 12.1. The summed E-state index contributed by atoms with van der Waals surface area (Å²) in [6.07, 6.45) is 0. The third-order valence-corrected chi connectivity index (χ3v) is 3.39. The zero-order valence-corrected chi connectivity index (χ0v) is 11.5. The fourth-order valence-corrected chi connectivity index (χ4v) is 1.70. The number of benzene rings is 1. The van der Waals surface area contributed by atoms with Gasteiger partial charge in [-0.1, -0.05) is 26.0 Å². The summed E-state index contributed by atoms with van der Waals surface area (Å²) in [6.45, 7) is 6.82. The molecule has 3 nitrogen and oxygen atoms in total. The molecule has 0 heterocycles. The van der Waals surface area contributed by atoms with Crippen LogP contribution < -0.4 is 0 Å². The fraction of sp³-hybridized carbons (Fsp3) is 0.467. The number of hydrogen-bond acceptors (Lipinski definition) is 3. The van der Waals surface area contributed by atoms with Crippen molar-refractivity contribution in [1.82, 2.24) is 4.90 Å². The first kappa shape index (κ1) is 14.4. The van der Waals surface area contributed by atoms with E-state index in [-0.39, 0.29) is 5.78 Å². The van der Waals surface area contributed by atoms with Gasteiger partial charge in [0.1, 0.15) is 0 Å². The van der Waals surface area contributed by atoms with Gasteiger partial charge in [0, 0.05) is 11.6 Å². The largest absolute Gasteiger partial charge is 0.296 e. The first-order valence-corrected chi connectivity index (χ1v) is 6.19. The summed E-state index contributed by atoms with van der Waals surface area (Å²) in [5.74, 6) is 0.609. The molecule has 96 valence electrons. The molecule has 1 atom stereocenters. The van der Waals surface area contributed by atoms with Gasteiger partial charge in [-0.3, -0.25) is 9.69 Å². The molecule has 0 aliphatic rings. The molecule has 1 aromatic rings. The van der Waals surface area contributed by atoms with E-state index < -0.39 is 0 Å². The highest BCUT2D eigenvalue weighted by molar-refractivity contribution is 5.97. The Balaban J connectivity index is 2.68. The van der Waals surface area contributed by atoms with Crippen LogP contribution >= 0.6 is 0 Å². The molecule has 0 aliphatic heterocycles. The molecule has 0 saturated heterocycles. The van der Waals surface area contributed by atoms with Gasteiger partial charge in [-0.2, -0.15) is 5.26 Å². The summed E-state index contributed by atoms with van der Waals surface area (Å²) < 4.78 is 0. The molecular weight excluding hydrogens is 224 g/mol. The minimum atomic E-state index is 0.0921. The first-order valence-electron chi connectivity index (χ1n) is 6.19. The Morgan fingerprint density at radius 3 is 2.28 bits per heavy atom. The van der Waals surface area contributed by atoms with Gasteiger partial charge in [0.05, 0.1) is 18.2 Å². The molecule has 1 unspecified atom stereocenters. The van der Waals surface area contributed by atoms with Crippen LogP contribution in [-0.4, -0.2) is 30.3 Å². The number of rotatable bonds is 5. The summed E-state index contributed by atoms with van der Waals surface area (Å²) in [5, 5.41) is 8.70. The third kappa shape index (κ3) is 3.68. The molecule has 0 aromatic heterocycles. The van der Waals surface area contributed by atoms with Gasteiger partial charge in [-0.15, -0.1) is 0 Å². The smallest absolute Gasteiger partial charge is 0.176 e. The van der Waals surface area contributed by atoms with Crippen molar-refractivity contribution in [3.63, 3.8) is 0 Å². The second-order valence-electron chi connectivity index (χ2n) is 5.01. The van der Waals surface area contributed by atoms with Crippen LogP contribution in [0.5, 0.6) is 0 Å². The van der Waals surface area contributed by atoms with Crippen LogP contribution in [0.25, 0.3) is 0 Å². The van der Waals surface area contributed by atoms with Crippen LogP contribution in [0.3, 0.4) is 0 Å². The molecule has 0 saturated carbocycles. The van der Waals surface area contributed by atoms with Crippen LogP contribution in [0, 0.1) is 17.2 Å². The van der Waals surface area contributed by atoms with Crippen molar-refractivity contribution >= 4 is 5.78 Å². The second-order valence-corrected chi connectivity index (χ2v) is 5.01. The number of carbonyl (C=O) groups excluding carboxylic acids is 1. The lowest BCUT2D eigenvalue weighted by atomic mass is 10.0. The molecule has 0 bridgehead atoms. The van der Waals surface area contributed by atoms with Gasteiger partial charge in [0.2, 0.25) is 0 Å². The molecule has 0 amide bonds. The number of likely N-dealkylation sites (N-methyl/N-ethyl adjacent to an activating group) is 1. The third-order valence-electron chi connectivity index (χ3n) is 3.39. The molecule has 0 N–H and O–H groups in total. The molecule has 0 aliphatic carbocycles. The topological polar surface area (TPSA) is 44.1 Å². The lowest BCUT2D eigenvalue weighted by molar-refractivity contribution is 0.0907. The normalized spacial score (nSPS) is 12.5. The van der Waals surface area contributed by atoms with E-state index in [1.807, 2.05) is 13.1 Å². The Kier molecular flexibility index (Phi) is 5.06. The molecular formula is C15H20N2O. The summed E-state index contributed by atoms with van der Waals surface area (Å²) in [4.78, 5) is 14.1. The minimum absolute atomic E-state index is 0.0921. The SMILES string of the molecule is CC(C)C(C)N(C)CC(=O)c1ccc(C#N)cc1. The van der Waals surface area contributed by atoms with Crippen LogP contribution in [0.1, 0.15) is 36.7 Å². The van der Waals surface area contributed by atoms with Crippen molar-refractivity contribution in [1.29, 1.82) is 5.26 Å². The second kappa shape index (κ2) is 6.32. The number of Topliss-reactive ketones (excluding diaryl/α,β-unsaturated/α-hetero) is 1. The maximum atomic E-state index is 12.1. The lowest BCUT2D eigenvalue weighted by Crippen LogP contribution is -2.37. The van der Waals surface area contributed by atoms with Gasteiger partial charge in [-0.05, 0) is 32.0 Å². The van der Waals surface area contributed by atoms with E-state index in [1.54, 1.807) is 24.3 Å². The Morgan fingerprint density at radius 2 is 1.83 bits per heavy atom. The zero-order valence-electron chi connectivity index (χ0n) is 11.5. The Bertz CT molecular complexity index is 443. The Morgan fingerprint density at radius 1 is 1.28 bits per heavy atom. The van der Waals surface area contributed by atoms with E-state index in [2.05, 4.69) is 25.7 Å². The van der Waals surface area contributed by atoms with Crippen molar-refractivity contribution in [2.45, 2.75) is 26.8 Å². The molecule has 0 radical (unpaired) electrons. The maximum Gasteiger partial charge on any atom is 0.176 e. The fourth-order valence-electron chi connectivity index (χ4n) is 1.70. The molecule has 1 aromatic carbocycles. The summed E-state index contributed by atoms with van der Waals surface area (Å²) in [7, 11) is 1.96. The van der Waals surface area contributed by atoms with Gasteiger partial charge in [0.25, 0.3) is 0 Å². The van der Waals surface area contributed by atoms with Crippen LogP contribution in [0.15, 0.2) is 24.3 Å². The lowest BCUT2D eigenvalue weighted by Gasteiger charge is -2.27. The van der Waals surface area contributed by atoms with Gasteiger partial charge in [-0.25, -0.2) is 0 Å². The highest BCUT2D eigenvalue weighted by atomic mass is 16.1. The van der Waals surface area contributed by atoms with Crippen molar-refractivity contribution in [2.24, 2.45) is 5.92 Å². The van der Waals surface area contributed by atoms with E-state index in [0.717, 1.165) is 0 Å². The number of ketones is 1. The zero-order chi connectivity index (χ0) is 13.7. The minimum Gasteiger partial charge on any atom is -0.296 e. The molecule has 1 rings (SSSR count). The van der Waals surface area contributed by atoms with E-state index >= 15 is 0 Å². The number of hydrogen-bond donors (Lipinski definition) is 0.